The van der Waals surface area contributed by atoms with Gasteiger partial charge in [0.25, 0.3) is 0 Å². The standard InChI is InChI=1S/C18H35BNO4P/c1-6-15-13(4)12(3)14(5)17(23-15)21-11-20-8-16(19)24-18(7-2,9-20)10-22-25/h12-17H,6-11,25H2,1-5H3. The third-order valence-electron chi connectivity index (χ3n) is 6.15. The molecular weight excluding hydrogens is 336 g/mol. The molecule has 0 aromatic carbocycles. The van der Waals surface area contributed by atoms with Crippen LogP contribution in [-0.4, -0.2) is 63.2 Å². The maximum Gasteiger partial charge on any atom is 0.162 e. The molecule has 2 fully saturated rings. The van der Waals surface area contributed by atoms with E-state index in [0.29, 0.717) is 37.6 Å². The van der Waals surface area contributed by atoms with Crippen LogP contribution in [0.5, 0.6) is 0 Å². The zero-order valence-electron chi connectivity index (χ0n) is 16.4. The summed E-state index contributed by atoms with van der Waals surface area (Å²) in [6.07, 6.45) is 1.96. The van der Waals surface area contributed by atoms with Crippen LogP contribution in [0.15, 0.2) is 0 Å². The minimum Gasteiger partial charge on any atom is -0.376 e. The molecule has 0 aromatic heterocycles. The van der Waals surface area contributed by atoms with Crippen molar-refractivity contribution in [3.8, 4) is 0 Å². The summed E-state index contributed by atoms with van der Waals surface area (Å²) in [4.78, 5) is 2.21. The summed E-state index contributed by atoms with van der Waals surface area (Å²) in [5.74, 6) is 1.51. The number of hydrogen-bond acceptors (Lipinski definition) is 5. The van der Waals surface area contributed by atoms with Gasteiger partial charge in [-0.2, -0.15) is 0 Å². The first-order valence-electron chi connectivity index (χ1n) is 9.60. The maximum absolute atomic E-state index is 6.23. The Balaban J connectivity index is 1.95. The third-order valence-corrected chi connectivity index (χ3v) is 6.32. The van der Waals surface area contributed by atoms with E-state index in [9.17, 15) is 0 Å². The molecule has 0 bridgehead atoms. The fourth-order valence-electron chi connectivity index (χ4n) is 4.07. The van der Waals surface area contributed by atoms with Crippen LogP contribution in [0.1, 0.15) is 47.5 Å². The number of ether oxygens (including phenoxy) is 3. The quantitative estimate of drug-likeness (QED) is 0.509. The van der Waals surface area contributed by atoms with Crippen molar-refractivity contribution >= 4 is 17.3 Å². The molecule has 0 N–H and O–H groups in total. The molecule has 0 amide bonds. The Labute approximate surface area is 157 Å². The van der Waals surface area contributed by atoms with Crippen LogP contribution >= 0.6 is 9.47 Å². The summed E-state index contributed by atoms with van der Waals surface area (Å²) >= 11 is 0. The third kappa shape index (κ3) is 5.18. The van der Waals surface area contributed by atoms with Gasteiger partial charge in [-0.15, -0.1) is 0 Å². The predicted molar refractivity (Wildman–Crippen MR) is 103 cm³/mol. The first-order chi connectivity index (χ1) is 11.9. The fraction of sp³-hybridized carbons (Fsp3) is 1.00. The lowest BCUT2D eigenvalue weighted by Crippen LogP contribution is -2.58. The van der Waals surface area contributed by atoms with E-state index in [0.717, 1.165) is 19.4 Å². The molecule has 5 nitrogen and oxygen atoms in total. The van der Waals surface area contributed by atoms with Crippen LogP contribution in [0.25, 0.3) is 0 Å². The molecule has 2 saturated heterocycles. The molecule has 0 aromatic rings. The van der Waals surface area contributed by atoms with Crippen LogP contribution in [0.2, 0.25) is 0 Å². The van der Waals surface area contributed by atoms with Crippen molar-refractivity contribution in [2.75, 3.05) is 26.4 Å². The highest BCUT2D eigenvalue weighted by atomic mass is 31.0. The minimum atomic E-state index is -0.379. The average Bonchev–Trinajstić information content (AvgIpc) is 2.59. The molecule has 8 unspecified atom stereocenters. The number of nitrogens with zero attached hydrogens (tertiary/aromatic N) is 1. The van der Waals surface area contributed by atoms with Crippen molar-refractivity contribution in [1.29, 1.82) is 0 Å². The first-order valence-corrected chi connectivity index (χ1v) is 10.1. The molecule has 2 radical (unpaired) electrons. The summed E-state index contributed by atoms with van der Waals surface area (Å²) in [7, 11) is 8.41. The molecule has 0 saturated carbocycles. The summed E-state index contributed by atoms with van der Waals surface area (Å²) in [6, 6.07) is -0.329. The van der Waals surface area contributed by atoms with E-state index in [-0.39, 0.29) is 24.0 Å². The second-order valence-corrected chi connectivity index (χ2v) is 8.17. The molecule has 8 atom stereocenters. The highest BCUT2D eigenvalue weighted by Crippen LogP contribution is 2.36. The Hall–Kier alpha value is 0.295. The second-order valence-electron chi connectivity index (χ2n) is 7.84. The van der Waals surface area contributed by atoms with Gasteiger partial charge in [-0.05, 0) is 24.7 Å². The van der Waals surface area contributed by atoms with Crippen molar-refractivity contribution in [1.82, 2.24) is 4.90 Å². The van der Waals surface area contributed by atoms with Crippen LogP contribution < -0.4 is 0 Å². The van der Waals surface area contributed by atoms with Gasteiger partial charge in [0, 0.05) is 34.5 Å². The second kappa shape index (κ2) is 9.48. The van der Waals surface area contributed by atoms with Gasteiger partial charge in [0.05, 0.1) is 12.7 Å². The molecule has 144 valence electrons. The Morgan fingerprint density at radius 2 is 1.92 bits per heavy atom. The summed E-state index contributed by atoms with van der Waals surface area (Å²) in [5.41, 5.74) is -0.379. The highest BCUT2D eigenvalue weighted by molar-refractivity contribution is 7.09. The van der Waals surface area contributed by atoms with Gasteiger partial charge in [0.15, 0.2) is 6.29 Å². The molecule has 7 heteroatoms. The monoisotopic (exact) mass is 371 g/mol. The topological polar surface area (TPSA) is 40.2 Å². The smallest absolute Gasteiger partial charge is 0.162 e. The van der Waals surface area contributed by atoms with Crippen molar-refractivity contribution in [3.05, 3.63) is 0 Å². The van der Waals surface area contributed by atoms with Crippen molar-refractivity contribution in [2.24, 2.45) is 17.8 Å². The Morgan fingerprint density at radius 1 is 1.20 bits per heavy atom. The average molecular weight is 371 g/mol. The van der Waals surface area contributed by atoms with Crippen LogP contribution in [0.3, 0.4) is 0 Å². The Bertz CT molecular complexity index is 417. The van der Waals surface area contributed by atoms with Crippen LogP contribution in [0.4, 0.5) is 0 Å². The molecule has 0 spiro atoms. The van der Waals surface area contributed by atoms with Crippen molar-refractivity contribution < 1.29 is 18.7 Å². The molecule has 2 heterocycles. The van der Waals surface area contributed by atoms with Crippen molar-refractivity contribution in [2.45, 2.75) is 71.5 Å². The lowest BCUT2D eigenvalue weighted by atomic mass is 9.78. The summed E-state index contributed by atoms with van der Waals surface area (Å²) in [6.45, 7) is 13.5. The Kier molecular flexibility index (Phi) is 8.19. The van der Waals surface area contributed by atoms with E-state index >= 15 is 0 Å². The van der Waals surface area contributed by atoms with E-state index in [1.165, 1.54) is 0 Å². The maximum atomic E-state index is 6.23. The van der Waals surface area contributed by atoms with Gasteiger partial charge in [-0.3, -0.25) is 4.90 Å². The Morgan fingerprint density at radius 3 is 2.52 bits per heavy atom. The van der Waals surface area contributed by atoms with E-state index < -0.39 is 0 Å². The fourth-order valence-corrected chi connectivity index (χ4v) is 4.38. The van der Waals surface area contributed by atoms with Gasteiger partial charge >= 0.3 is 0 Å². The van der Waals surface area contributed by atoms with E-state index in [2.05, 4.69) is 49.0 Å². The van der Waals surface area contributed by atoms with E-state index in [1.807, 2.05) is 0 Å². The van der Waals surface area contributed by atoms with Crippen molar-refractivity contribution in [3.63, 3.8) is 0 Å². The molecule has 0 aliphatic carbocycles. The SMILES string of the molecule is [B]C1CN(COC2OC(CC)C(C)C(C)C2C)CC(CC)(COP)O1. The van der Waals surface area contributed by atoms with Crippen LogP contribution in [-0.2, 0) is 18.7 Å². The summed E-state index contributed by atoms with van der Waals surface area (Å²) in [5, 5.41) is 0. The van der Waals surface area contributed by atoms with Gasteiger partial charge in [0.2, 0.25) is 0 Å². The lowest BCUT2D eigenvalue weighted by Gasteiger charge is -2.47. The summed E-state index contributed by atoms with van der Waals surface area (Å²) < 4.78 is 23.7. The normalized spacial score (nSPS) is 43.3. The minimum absolute atomic E-state index is 0.163. The zero-order valence-corrected chi connectivity index (χ0v) is 17.6. The number of hydrogen-bond donors (Lipinski definition) is 0. The largest absolute Gasteiger partial charge is 0.376 e. The van der Waals surface area contributed by atoms with E-state index in [1.54, 1.807) is 0 Å². The zero-order chi connectivity index (χ0) is 18.6. The van der Waals surface area contributed by atoms with Crippen LogP contribution in [0, 0.1) is 17.8 Å². The molecular formula is C18H35BNO4P. The number of morpholine rings is 1. The van der Waals surface area contributed by atoms with Gasteiger partial charge < -0.3 is 18.7 Å². The molecule has 2 rings (SSSR count). The first kappa shape index (κ1) is 21.6. The molecule has 2 aliphatic heterocycles. The predicted octanol–water partition coefficient (Wildman–Crippen LogP) is 2.79. The number of rotatable bonds is 7. The van der Waals surface area contributed by atoms with Gasteiger partial charge in [-0.25, -0.2) is 0 Å². The van der Waals surface area contributed by atoms with Gasteiger partial charge in [-0.1, -0.05) is 34.6 Å². The molecule has 25 heavy (non-hydrogen) atoms. The molecule has 2 aliphatic rings. The van der Waals surface area contributed by atoms with Gasteiger partial charge in [0.1, 0.15) is 20.2 Å². The van der Waals surface area contributed by atoms with E-state index in [4.69, 9.17) is 26.6 Å². The highest BCUT2D eigenvalue weighted by Gasteiger charge is 2.41. The lowest BCUT2D eigenvalue weighted by molar-refractivity contribution is -0.267.